The van der Waals surface area contributed by atoms with E-state index in [1.54, 1.807) is 16.7 Å². The zero-order valence-electron chi connectivity index (χ0n) is 16.5. The summed E-state index contributed by atoms with van der Waals surface area (Å²) in [5, 5.41) is 9.64. The minimum atomic E-state index is -4.41. The maximum absolute atomic E-state index is 12.4. The molecule has 0 spiro atoms. The molecule has 0 aliphatic heterocycles. The summed E-state index contributed by atoms with van der Waals surface area (Å²) in [7, 11) is -2.91. The molecule has 2 aromatic heterocycles. The molecule has 0 amide bonds. The summed E-state index contributed by atoms with van der Waals surface area (Å²) in [5.74, 6) is 0.185. The predicted octanol–water partition coefficient (Wildman–Crippen LogP) is 1.08. The highest BCUT2D eigenvalue weighted by Gasteiger charge is 2.44. The van der Waals surface area contributed by atoms with Gasteiger partial charge < -0.3 is 24.7 Å². The number of aliphatic hydroxyl groups excluding tert-OH is 1. The average molecular weight is 451 g/mol. The molecule has 1 aromatic carbocycles. The van der Waals surface area contributed by atoms with Gasteiger partial charge in [-0.25, -0.2) is 9.55 Å². The van der Waals surface area contributed by atoms with E-state index < -0.39 is 13.4 Å². The Morgan fingerprint density at radius 3 is 2.71 bits per heavy atom. The molecule has 4 rings (SSSR count). The maximum atomic E-state index is 12.4. The fourth-order valence-corrected chi connectivity index (χ4v) is 4.52. The number of aromatic nitrogens is 4. The van der Waals surface area contributed by atoms with Crippen LogP contribution in [-0.4, -0.2) is 49.8 Å². The first-order valence-electron chi connectivity index (χ1n) is 9.45. The Bertz CT molecular complexity index is 1180. The van der Waals surface area contributed by atoms with Gasteiger partial charge in [-0.1, -0.05) is 0 Å². The molecule has 0 radical (unpaired) electrons. The molecule has 1 aliphatic carbocycles. The van der Waals surface area contributed by atoms with Crippen LogP contribution in [0.4, 0.5) is 5.95 Å². The van der Waals surface area contributed by atoms with Gasteiger partial charge in [0.05, 0.1) is 20.0 Å². The number of nitrogens with zero attached hydrogens (tertiary/aromatic N) is 3. The van der Waals surface area contributed by atoms with Crippen molar-refractivity contribution in [2.75, 3.05) is 26.1 Å². The number of nitrogen functional groups attached to an aromatic ring is 1. The van der Waals surface area contributed by atoms with Crippen LogP contribution in [0, 0.1) is 11.8 Å². The molecule has 2 heterocycles. The van der Waals surface area contributed by atoms with Crippen LogP contribution in [0.3, 0.4) is 0 Å². The Labute approximate surface area is 176 Å². The van der Waals surface area contributed by atoms with Crippen molar-refractivity contribution in [1.29, 1.82) is 0 Å². The van der Waals surface area contributed by atoms with Crippen LogP contribution in [0.5, 0.6) is 11.5 Å². The molecule has 1 fully saturated rings. The number of aromatic amines is 1. The lowest BCUT2D eigenvalue weighted by molar-refractivity contribution is -0.00476. The number of methoxy groups -OCH3 is 1. The number of imidazole rings is 1. The molecule has 0 saturated heterocycles. The number of nitrogens with one attached hydrogen (secondary N) is 1. The summed E-state index contributed by atoms with van der Waals surface area (Å²) in [5.41, 5.74) is 5.62. The van der Waals surface area contributed by atoms with Gasteiger partial charge in [-0.15, -0.1) is 0 Å². The number of anilines is 1. The zero-order valence-corrected chi connectivity index (χ0v) is 17.4. The molecule has 13 heteroatoms. The number of H-pyrrole nitrogens is 1. The molecule has 1 saturated carbocycles. The van der Waals surface area contributed by atoms with Crippen LogP contribution in [0.15, 0.2) is 35.4 Å². The highest BCUT2D eigenvalue weighted by molar-refractivity contribution is 7.47. The van der Waals surface area contributed by atoms with Crippen LogP contribution in [-0.2, 0) is 9.09 Å². The number of rotatable bonds is 8. The topological polar surface area (TPSA) is 175 Å². The molecule has 166 valence electrons. The molecular formula is C18H22N5O7P. The quantitative estimate of drug-likeness (QED) is 0.363. The molecule has 0 bridgehead atoms. The van der Waals surface area contributed by atoms with Crippen LogP contribution in [0.25, 0.3) is 11.2 Å². The van der Waals surface area contributed by atoms with E-state index in [0.29, 0.717) is 17.8 Å². The average Bonchev–Trinajstić information content (AvgIpc) is 3.11. The summed E-state index contributed by atoms with van der Waals surface area (Å²) in [4.78, 5) is 32.7. The molecule has 31 heavy (non-hydrogen) atoms. The summed E-state index contributed by atoms with van der Waals surface area (Å²) < 4.78 is 29.4. The second-order valence-corrected chi connectivity index (χ2v) is 8.59. The number of aliphatic hydroxyl groups is 1. The van der Waals surface area contributed by atoms with E-state index in [-0.39, 0.29) is 48.3 Å². The van der Waals surface area contributed by atoms with Crippen molar-refractivity contribution >= 4 is 24.9 Å². The first-order chi connectivity index (χ1) is 14.8. The first-order valence-corrected chi connectivity index (χ1v) is 10.9. The largest absolute Gasteiger partial charge is 0.527 e. The molecule has 3 aromatic rings. The number of phosphoric ester groups is 1. The predicted molar refractivity (Wildman–Crippen MR) is 110 cm³/mol. The number of fused-ring (bicyclic) bond motifs is 1. The van der Waals surface area contributed by atoms with Crippen molar-refractivity contribution in [3.63, 3.8) is 0 Å². The van der Waals surface area contributed by atoms with Gasteiger partial charge in [0.15, 0.2) is 11.2 Å². The number of phosphoric acid groups is 1. The lowest BCUT2D eigenvalue weighted by Gasteiger charge is -2.44. The van der Waals surface area contributed by atoms with Crippen molar-refractivity contribution in [2.24, 2.45) is 11.8 Å². The lowest BCUT2D eigenvalue weighted by Crippen LogP contribution is -2.43. The van der Waals surface area contributed by atoms with Gasteiger partial charge >= 0.3 is 7.82 Å². The molecular weight excluding hydrogens is 429 g/mol. The van der Waals surface area contributed by atoms with Crippen molar-refractivity contribution in [3.05, 3.63) is 40.9 Å². The normalized spacial score (nSPS) is 22.6. The Kier molecular flexibility index (Phi) is 5.71. The Morgan fingerprint density at radius 2 is 2.03 bits per heavy atom. The summed E-state index contributed by atoms with van der Waals surface area (Å²) >= 11 is 0. The number of hydrogen-bond donors (Lipinski definition) is 4. The first kappa shape index (κ1) is 21.3. The van der Waals surface area contributed by atoms with Crippen molar-refractivity contribution < 1.29 is 28.3 Å². The fourth-order valence-electron chi connectivity index (χ4n) is 3.72. The van der Waals surface area contributed by atoms with Gasteiger partial charge in [-0.05, 0) is 36.6 Å². The van der Waals surface area contributed by atoms with E-state index in [4.69, 9.17) is 19.5 Å². The van der Waals surface area contributed by atoms with Gasteiger partial charge in [0.2, 0.25) is 5.95 Å². The summed E-state index contributed by atoms with van der Waals surface area (Å²) in [6, 6.07) is 5.89. The molecule has 1 unspecified atom stereocenters. The highest BCUT2D eigenvalue weighted by atomic mass is 31.2. The lowest BCUT2D eigenvalue weighted by atomic mass is 9.70. The highest BCUT2D eigenvalue weighted by Crippen LogP contribution is 2.50. The van der Waals surface area contributed by atoms with Gasteiger partial charge in [0.1, 0.15) is 11.5 Å². The van der Waals surface area contributed by atoms with Crippen LogP contribution in [0.2, 0.25) is 0 Å². The SMILES string of the molecule is COc1ccc(OP(=O)(O)OC[C@H]2[C@@H](CO)C[C@H]2n2cnc3c(=O)[nH]c(N)nc32)cc1. The summed E-state index contributed by atoms with van der Waals surface area (Å²) in [6.45, 7) is -0.277. The summed E-state index contributed by atoms with van der Waals surface area (Å²) in [6.07, 6.45) is 2.02. The van der Waals surface area contributed by atoms with E-state index in [2.05, 4.69) is 15.0 Å². The van der Waals surface area contributed by atoms with E-state index in [9.17, 15) is 19.4 Å². The maximum Gasteiger partial charge on any atom is 0.527 e. The van der Waals surface area contributed by atoms with E-state index in [1.165, 1.54) is 25.6 Å². The third-order valence-corrected chi connectivity index (χ3v) is 6.31. The van der Waals surface area contributed by atoms with Crippen LogP contribution < -0.4 is 20.6 Å². The van der Waals surface area contributed by atoms with Gasteiger partial charge in [-0.3, -0.25) is 19.2 Å². The third-order valence-electron chi connectivity index (χ3n) is 5.40. The molecule has 12 nitrogen and oxygen atoms in total. The van der Waals surface area contributed by atoms with E-state index in [1.807, 2.05) is 0 Å². The Hall–Kier alpha value is -2.92. The molecule has 4 atom stereocenters. The van der Waals surface area contributed by atoms with Crippen LogP contribution in [0.1, 0.15) is 12.5 Å². The van der Waals surface area contributed by atoms with Crippen LogP contribution >= 0.6 is 7.82 Å². The monoisotopic (exact) mass is 451 g/mol. The van der Waals surface area contributed by atoms with Gasteiger partial charge in [0.25, 0.3) is 5.56 Å². The number of ether oxygens (including phenoxy) is 1. The Balaban J connectivity index is 1.48. The molecule has 1 aliphatic rings. The van der Waals surface area contributed by atoms with Crippen molar-refractivity contribution in [1.82, 2.24) is 19.5 Å². The minimum absolute atomic E-state index is 0.0437. The van der Waals surface area contributed by atoms with Crippen molar-refractivity contribution in [2.45, 2.75) is 12.5 Å². The second kappa shape index (κ2) is 8.31. The number of benzene rings is 1. The van der Waals surface area contributed by atoms with Crippen molar-refractivity contribution in [3.8, 4) is 11.5 Å². The zero-order chi connectivity index (χ0) is 22.2. The number of nitrogens with two attached hydrogens (primary N) is 1. The smallest absolute Gasteiger partial charge is 0.497 e. The standard InChI is InChI=1S/C18H22N5O7P/c1-28-11-2-4-12(5-3-11)30-31(26,27)29-8-13-10(7-24)6-14(13)23-9-20-15-16(23)21-18(19)22-17(15)25/h2-5,9-10,13-14,24H,6-8H2,1H3,(H,26,27)(H3,19,21,22,25)/t10-,13+,14-/m1/s1. The van der Waals surface area contributed by atoms with E-state index in [0.717, 1.165) is 0 Å². The third kappa shape index (κ3) is 4.28. The second-order valence-electron chi connectivity index (χ2n) is 7.22. The Morgan fingerprint density at radius 1 is 1.32 bits per heavy atom. The minimum Gasteiger partial charge on any atom is -0.497 e. The van der Waals surface area contributed by atoms with Gasteiger partial charge in [-0.2, -0.15) is 4.98 Å². The fraction of sp³-hybridized carbons (Fsp3) is 0.389. The van der Waals surface area contributed by atoms with E-state index >= 15 is 0 Å². The number of hydrogen-bond acceptors (Lipinski definition) is 9. The van der Waals surface area contributed by atoms with Gasteiger partial charge in [0, 0.05) is 18.6 Å². The molecule has 5 N–H and O–H groups in total.